The smallest absolute Gasteiger partial charge is 0.214 e. The van der Waals surface area contributed by atoms with Gasteiger partial charge in [-0.15, -0.1) is 5.10 Å². The van der Waals surface area contributed by atoms with Crippen molar-refractivity contribution in [2.75, 3.05) is 33.1 Å². The van der Waals surface area contributed by atoms with E-state index in [1.807, 2.05) is 28.9 Å². The molecule has 1 aromatic carbocycles. The molecule has 0 amide bonds. The minimum absolute atomic E-state index is 0.0287. The Hall–Kier alpha value is -2.12. The number of benzene rings is 1. The molecule has 1 N–H and O–H groups in total. The zero-order chi connectivity index (χ0) is 18.9. The fourth-order valence-electron chi connectivity index (χ4n) is 2.83. The van der Waals surface area contributed by atoms with Crippen molar-refractivity contribution in [2.24, 2.45) is 0 Å². The van der Waals surface area contributed by atoms with Gasteiger partial charge >= 0.3 is 0 Å². The molecule has 0 aliphatic rings. The van der Waals surface area contributed by atoms with E-state index in [1.54, 1.807) is 18.4 Å². The third kappa shape index (κ3) is 3.83. The Labute approximate surface area is 158 Å². The van der Waals surface area contributed by atoms with E-state index in [9.17, 15) is 0 Å². The van der Waals surface area contributed by atoms with Crippen LogP contribution in [0.2, 0.25) is 0 Å². The Balaban J connectivity index is 1.77. The number of ether oxygens (including phenoxy) is 1. The van der Waals surface area contributed by atoms with Crippen LogP contribution in [0.4, 0.5) is 5.13 Å². The monoisotopic (exact) mass is 373 g/mol. The average Bonchev–Trinajstić information content (AvgIpc) is 3.13. The van der Waals surface area contributed by atoms with Crippen LogP contribution in [0.25, 0.3) is 4.96 Å². The van der Waals surface area contributed by atoms with Gasteiger partial charge in [0.2, 0.25) is 10.1 Å². The Kier molecular flexibility index (Phi) is 5.20. The minimum atomic E-state index is 0.0287. The lowest BCUT2D eigenvalue weighted by Crippen LogP contribution is -2.27. The summed E-state index contributed by atoms with van der Waals surface area (Å²) in [7, 11) is 5.85. The molecule has 0 spiro atoms. The third-order valence-electron chi connectivity index (χ3n) is 4.38. The van der Waals surface area contributed by atoms with Gasteiger partial charge < -0.3 is 15.0 Å². The van der Waals surface area contributed by atoms with Crippen LogP contribution in [0.5, 0.6) is 5.75 Å². The van der Waals surface area contributed by atoms with Gasteiger partial charge in [-0.1, -0.05) is 50.3 Å². The summed E-state index contributed by atoms with van der Waals surface area (Å²) in [5.74, 6) is 0.900. The molecule has 6 nitrogen and oxygen atoms in total. The standard InChI is InChI=1S/C19H27N5OS/c1-19(2,3)16-12-24-18(21-16)26-17(22-24)20-11-14(23(4)5)13-9-7-8-10-15(13)25-6/h7-10,12,14H,11H2,1-6H3,(H,20,22)/t14-/m1/s1. The van der Waals surface area contributed by atoms with Gasteiger partial charge in [0, 0.05) is 17.5 Å². The van der Waals surface area contributed by atoms with Crippen molar-refractivity contribution in [1.82, 2.24) is 19.5 Å². The summed E-state index contributed by atoms with van der Waals surface area (Å²) in [6.45, 7) is 7.21. The highest BCUT2D eigenvalue weighted by Gasteiger charge is 2.21. The van der Waals surface area contributed by atoms with E-state index in [2.05, 4.69) is 56.2 Å². The van der Waals surface area contributed by atoms with Gasteiger partial charge in [-0.3, -0.25) is 0 Å². The highest BCUT2D eigenvalue weighted by atomic mass is 32.1. The molecule has 3 rings (SSSR count). The molecule has 1 atom stereocenters. The van der Waals surface area contributed by atoms with Crippen LogP contribution in [0.1, 0.15) is 38.1 Å². The Morgan fingerprint density at radius 2 is 2.00 bits per heavy atom. The number of hydrogen-bond donors (Lipinski definition) is 1. The number of nitrogens with zero attached hydrogens (tertiary/aromatic N) is 4. The van der Waals surface area contributed by atoms with Crippen molar-refractivity contribution in [3.8, 4) is 5.75 Å². The molecule has 3 aromatic rings. The van der Waals surface area contributed by atoms with Crippen molar-refractivity contribution < 1.29 is 4.74 Å². The van der Waals surface area contributed by atoms with Crippen LogP contribution in [-0.2, 0) is 5.41 Å². The van der Waals surface area contributed by atoms with Gasteiger partial charge in [-0.05, 0) is 20.2 Å². The van der Waals surface area contributed by atoms with Crippen molar-refractivity contribution in [2.45, 2.75) is 32.2 Å². The van der Waals surface area contributed by atoms with Crippen molar-refractivity contribution >= 4 is 21.4 Å². The largest absolute Gasteiger partial charge is 0.496 e. The number of anilines is 1. The average molecular weight is 374 g/mol. The number of fused-ring (bicyclic) bond motifs is 1. The van der Waals surface area contributed by atoms with E-state index < -0.39 is 0 Å². The van der Waals surface area contributed by atoms with Crippen molar-refractivity contribution in [3.05, 3.63) is 41.7 Å². The summed E-state index contributed by atoms with van der Waals surface area (Å²) in [6.07, 6.45) is 2.01. The van der Waals surface area contributed by atoms with Crippen LogP contribution in [0.15, 0.2) is 30.5 Å². The first kappa shape index (κ1) is 18.7. The molecule has 0 unspecified atom stereocenters. The van der Waals surface area contributed by atoms with Gasteiger partial charge in [0.1, 0.15) is 5.75 Å². The van der Waals surface area contributed by atoms with Gasteiger partial charge in [-0.25, -0.2) is 9.50 Å². The van der Waals surface area contributed by atoms with Crippen molar-refractivity contribution in [1.29, 1.82) is 0 Å². The number of para-hydroxylation sites is 1. The molecule has 7 heteroatoms. The van der Waals surface area contributed by atoms with Gasteiger partial charge in [-0.2, -0.15) is 0 Å². The fourth-order valence-corrected chi connectivity index (χ4v) is 3.62. The normalized spacial score (nSPS) is 13.3. The Morgan fingerprint density at radius 1 is 1.27 bits per heavy atom. The zero-order valence-corrected chi connectivity index (χ0v) is 17.1. The highest BCUT2D eigenvalue weighted by molar-refractivity contribution is 7.20. The van der Waals surface area contributed by atoms with E-state index in [-0.39, 0.29) is 11.5 Å². The van der Waals surface area contributed by atoms with Crippen LogP contribution < -0.4 is 10.1 Å². The topological polar surface area (TPSA) is 54.7 Å². The zero-order valence-electron chi connectivity index (χ0n) is 16.3. The van der Waals surface area contributed by atoms with E-state index in [0.717, 1.165) is 33.6 Å². The molecule has 0 aliphatic heterocycles. The van der Waals surface area contributed by atoms with Gasteiger partial charge in [0.05, 0.1) is 25.0 Å². The summed E-state index contributed by atoms with van der Waals surface area (Å²) < 4.78 is 7.39. The van der Waals surface area contributed by atoms with E-state index in [1.165, 1.54) is 0 Å². The first-order chi connectivity index (χ1) is 12.3. The van der Waals surface area contributed by atoms with Crippen LogP contribution in [0, 0.1) is 0 Å². The summed E-state index contributed by atoms with van der Waals surface area (Å²) >= 11 is 1.57. The molecule has 0 fully saturated rings. The number of methoxy groups -OCH3 is 1. The van der Waals surface area contributed by atoms with E-state index in [4.69, 9.17) is 9.72 Å². The lowest BCUT2D eigenvalue weighted by Gasteiger charge is -2.26. The van der Waals surface area contributed by atoms with Crippen LogP contribution in [0.3, 0.4) is 0 Å². The number of hydrogen-bond acceptors (Lipinski definition) is 6. The third-order valence-corrected chi connectivity index (χ3v) is 5.26. The minimum Gasteiger partial charge on any atom is -0.496 e. The number of rotatable bonds is 6. The number of nitrogens with one attached hydrogen (secondary N) is 1. The molecule has 2 aromatic heterocycles. The maximum atomic E-state index is 5.53. The molecule has 0 saturated carbocycles. The molecule has 26 heavy (non-hydrogen) atoms. The maximum Gasteiger partial charge on any atom is 0.214 e. The summed E-state index contributed by atoms with van der Waals surface area (Å²) in [5.41, 5.74) is 2.24. The Morgan fingerprint density at radius 3 is 2.62 bits per heavy atom. The molecule has 0 bridgehead atoms. The predicted octanol–water partition coefficient (Wildman–Crippen LogP) is 3.81. The first-order valence-corrected chi connectivity index (χ1v) is 9.51. The van der Waals surface area contributed by atoms with Gasteiger partial charge in [0.15, 0.2) is 0 Å². The van der Waals surface area contributed by atoms with E-state index in [0.29, 0.717) is 0 Å². The second kappa shape index (κ2) is 7.25. The number of likely N-dealkylation sites (N-methyl/N-ethyl adjacent to an activating group) is 1. The molecular weight excluding hydrogens is 346 g/mol. The molecule has 0 radical (unpaired) electrons. The molecular formula is C19H27N5OS. The second-order valence-corrected chi connectivity index (χ2v) is 8.57. The van der Waals surface area contributed by atoms with Crippen LogP contribution in [-0.4, -0.2) is 47.2 Å². The van der Waals surface area contributed by atoms with Crippen LogP contribution >= 0.6 is 11.3 Å². The lowest BCUT2D eigenvalue weighted by atomic mass is 9.93. The van der Waals surface area contributed by atoms with Crippen molar-refractivity contribution in [3.63, 3.8) is 0 Å². The number of imidazole rings is 1. The lowest BCUT2D eigenvalue weighted by molar-refractivity contribution is 0.300. The highest BCUT2D eigenvalue weighted by Crippen LogP contribution is 2.29. The molecule has 140 valence electrons. The Bertz CT molecular complexity index is 846. The quantitative estimate of drug-likeness (QED) is 0.712. The second-order valence-electron chi connectivity index (χ2n) is 7.61. The molecule has 0 aliphatic carbocycles. The fraction of sp³-hybridized carbons (Fsp3) is 0.474. The predicted molar refractivity (Wildman–Crippen MR) is 107 cm³/mol. The first-order valence-electron chi connectivity index (χ1n) is 8.69. The SMILES string of the molecule is COc1ccccc1[C@@H](CNc1nn2cc(C(C)(C)C)nc2s1)N(C)C. The summed E-state index contributed by atoms with van der Waals surface area (Å²) in [6, 6.07) is 8.31. The number of aromatic nitrogens is 3. The van der Waals surface area contributed by atoms with Gasteiger partial charge in [0.25, 0.3) is 0 Å². The molecule has 0 saturated heterocycles. The van der Waals surface area contributed by atoms with E-state index >= 15 is 0 Å². The summed E-state index contributed by atoms with van der Waals surface area (Å²) in [5, 5.41) is 8.96. The summed E-state index contributed by atoms with van der Waals surface area (Å²) in [4.78, 5) is 7.80. The maximum absolute atomic E-state index is 5.53. The molecule has 2 heterocycles.